The monoisotopic (exact) mass is 245 g/mol. The zero-order valence-corrected chi connectivity index (χ0v) is 9.22. The lowest BCUT2D eigenvalue weighted by Crippen LogP contribution is -2.31. The fourth-order valence-electron chi connectivity index (χ4n) is 1.01. The smallest absolute Gasteiger partial charge is 0.389 e. The maximum absolute atomic E-state index is 11.6. The molecule has 0 aliphatic carbocycles. The van der Waals surface area contributed by atoms with Crippen molar-refractivity contribution in [3.8, 4) is 0 Å². The van der Waals surface area contributed by atoms with Crippen LogP contribution in [-0.2, 0) is 9.47 Å². The third-order valence-electron chi connectivity index (χ3n) is 1.65. The van der Waals surface area contributed by atoms with Gasteiger partial charge in [0, 0.05) is 20.3 Å². The van der Waals surface area contributed by atoms with Crippen LogP contribution in [0, 0.1) is 0 Å². The lowest BCUT2D eigenvalue weighted by atomic mass is 10.3. The molecule has 0 radical (unpaired) electrons. The molecule has 0 bridgehead atoms. The molecular formula is C9H18F3NO3. The third kappa shape index (κ3) is 11.7. The molecule has 0 saturated heterocycles. The van der Waals surface area contributed by atoms with Crippen molar-refractivity contribution >= 4 is 0 Å². The van der Waals surface area contributed by atoms with E-state index in [0.717, 1.165) is 0 Å². The number of methoxy groups -OCH3 is 1. The molecule has 16 heavy (non-hydrogen) atoms. The molecule has 98 valence electrons. The normalized spacial score (nSPS) is 14.1. The van der Waals surface area contributed by atoms with Gasteiger partial charge in [-0.25, -0.2) is 0 Å². The summed E-state index contributed by atoms with van der Waals surface area (Å²) in [4.78, 5) is 0. The van der Waals surface area contributed by atoms with Crippen molar-refractivity contribution in [2.24, 2.45) is 0 Å². The number of ether oxygens (including phenoxy) is 2. The van der Waals surface area contributed by atoms with Crippen LogP contribution in [0.2, 0.25) is 0 Å². The van der Waals surface area contributed by atoms with E-state index in [0.29, 0.717) is 19.5 Å². The van der Waals surface area contributed by atoms with Crippen LogP contribution in [0.3, 0.4) is 0 Å². The first kappa shape index (κ1) is 15.6. The molecule has 1 unspecified atom stereocenters. The Morgan fingerprint density at radius 1 is 1.38 bits per heavy atom. The molecule has 0 aliphatic heterocycles. The quantitative estimate of drug-likeness (QED) is 0.583. The zero-order chi connectivity index (χ0) is 12.4. The first-order valence-corrected chi connectivity index (χ1v) is 4.98. The molecule has 1 atom stereocenters. The Kier molecular flexibility index (Phi) is 8.54. The molecule has 4 nitrogen and oxygen atoms in total. The summed E-state index contributed by atoms with van der Waals surface area (Å²) in [5, 5.41) is 12.1. The van der Waals surface area contributed by atoms with Crippen molar-refractivity contribution in [1.82, 2.24) is 5.32 Å². The Morgan fingerprint density at radius 3 is 2.62 bits per heavy atom. The molecule has 2 N–H and O–H groups in total. The fraction of sp³-hybridized carbons (Fsp3) is 1.00. The van der Waals surface area contributed by atoms with Gasteiger partial charge in [-0.05, 0) is 13.0 Å². The summed E-state index contributed by atoms with van der Waals surface area (Å²) in [5.41, 5.74) is 0. The topological polar surface area (TPSA) is 50.7 Å². The standard InChI is InChI=1S/C9H18F3NO3/c1-15-6-8(14)5-13-3-2-4-16-7-9(10,11)12/h8,13-14H,2-7H2,1H3. The highest BCUT2D eigenvalue weighted by Gasteiger charge is 2.27. The van der Waals surface area contributed by atoms with E-state index in [-0.39, 0.29) is 13.2 Å². The van der Waals surface area contributed by atoms with E-state index in [4.69, 9.17) is 4.74 Å². The molecule has 0 aliphatic rings. The number of rotatable bonds is 9. The number of nitrogens with one attached hydrogen (secondary N) is 1. The Hall–Kier alpha value is -0.370. The maximum Gasteiger partial charge on any atom is 0.411 e. The molecule has 0 aromatic carbocycles. The average Bonchev–Trinajstić information content (AvgIpc) is 2.15. The maximum atomic E-state index is 11.6. The van der Waals surface area contributed by atoms with Crippen molar-refractivity contribution < 1.29 is 27.8 Å². The Balaban J connectivity index is 3.16. The van der Waals surface area contributed by atoms with Gasteiger partial charge in [-0.2, -0.15) is 13.2 Å². The second-order valence-electron chi connectivity index (χ2n) is 3.33. The lowest BCUT2D eigenvalue weighted by Gasteiger charge is -2.11. The summed E-state index contributed by atoms with van der Waals surface area (Å²) >= 11 is 0. The number of halogens is 3. The molecule has 0 aromatic heterocycles. The van der Waals surface area contributed by atoms with Gasteiger partial charge in [0.1, 0.15) is 6.61 Å². The molecule has 0 aromatic rings. The van der Waals surface area contributed by atoms with Gasteiger partial charge in [0.05, 0.1) is 12.7 Å². The minimum Gasteiger partial charge on any atom is -0.389 e. The number of aliphatic hydroxyl groups excluding tert-OH is 1. The van der Waals surface area contributed by atoms with Gasteiger partial charge < -0.3 is 19.9 Å². The summed E-state index contributed by atoms with van der Waals surface area (Å²) in [7, 11) is 1.48. The van der Waals surface area contributed by atoms with Crippen LogP contribution in [0.1, 0.15) is 6.42 Å². The number of hydrogen-bond acceptors (Lipinski definition) is 4. The number of alkyl halides is 3. The molecule has 0 spiro atoms. The van der Waals surface area contributed by atoms with Gasteiger partial charge in [0.2, 0.25) is 0 Å². The van der Waals surface area contributed by atoms with Gasteiger partial charge in [0.25, 0.3) is 0 Å². The van der Waals surface area contributed by atoms with Crippen molar-refractivity contribution in [2.75, 3.05) is 40.0 Å². The van der Waals surface area contributed by atoms with Gasteiger partial charge in [-0.1, -0.05) is 0 Å². The van der Waals surface area contributed by atoms with Crippen LogP contribution in [0.5, 0.6) is 0 Å². The second kappa shape index (κ2) is 8.74. The average molecular weight is 245 g/mol. The van der Waals surface area contributed by atoms with Gasteiger partial charge in [-0.3, -0.25) is 0 Å². The van der Waals surface area contributed by atoms with Gasteiger partial charge >= 0.3 is 6.18 Å². The van der Waals surface area contributed by atoms with Crippen LogP contribution in [0.4, 0.5) is 13.2 Å². The van der Waals surface area contributed by atoms with Crippen LogP contribution in [0.25, 0.3) is 0 Å². The predicted molar refractivity (Wildman–Crippen MR) is 52.2 cm³/mol. The molecule has 0 rings (SSSR count). The van der Waals surface area contributed by atoms with Gasteiger partial charge in [-0.15, -0.1) is 0 Å². The first-order valence-electron chi connectivity index (χ1n) is 4.98. The molecule has 0 amide bonds. The Morgan fingerprint density at radius 2 is 2.06 bits per heavy atom. The number of aliphatic hydroxyl groups is 1. The molecule has 0 heterocycles. The molecule has 0 saturated carbocycles. The van der Waals surface area contributed by atoms with Crippen molar-refractivity contribution in [2.45, 2.75) is 18.7 Å². The highest BCUT2D eigenvalue weighted by Crippen LogP contribution is 2.14. The summed E-state index contributed by atoms with van der Waals surface area (Å²) in [6.07, 6.45) is -4.39. The molecular weight excluding hydrogens is 227 g/mol. The van der Waals surface area contributed by atoms with Crippen LogP contribution in [-0.4, -0.2) is 57.4 Å². The zero-order valence-electron chi connectivity index (χ0n) is 9.22. The molecule has 0 fully saturated rings. The van der Waals surface area contributed by atoms with Crippen molar-refractivity contribution in [3.63, 3.8) is 0 Å². The third-order valence-corrected chi connectivity index (χ3v) is 1.65. The molecule has 7 heteroatoms. The van der Waals surface area contributed by atoms with E-state index in [9.17, 15) is 18.3 Å². The highest BCUT2D eigenvalue weighted by atomic mass is 19.4. The summed E-state index contributed by atoms with van der Waals surface area (Å²) in [6, 6.07) is 0. The van der Waals surface area contributed by atoms with Crippen molar-refractivity contribution in [1.29, 1.82) is 0 Å². The number of hydrogen-bond donors (Lipinski definition) is 2. The van der Waals surface area contributed by atoms with E-state index in [1.165, 1.54) is 7.11 Å². The van der Waals surface area contributed by atoms with Crippen LogP contribution < -0.4 is 5.32 Å². The first-order chi connectivity index (χ1) is 7.45. The minimum absolute atomic E-state index is 0.0485. The largest absolute Gasteiger partial charge is 0.411 e. The second-order valence-corrected chi connectivity index (χ2v) is 3.33. The highest BCUT2D eigenvalue weighted by molar-refractivity contribution is 4.57. The predicted octanol–water partition coefficient (Wildman–Crippen LogP) is 0.552. The van der Waals surface area contributed by atoms with E-state index in [1.54, 1.807) is 0 Å². The van der Waals surface area contributed by atoms with E-state index < -0.39 is 18.9 Å². The Labute approximate surface area is 92.7 Å². The van der Waals surface area contributed by atoms with Crippen LogP contribution in [0.15, 0.2) is 0 Å². The summed E-state index contributed by atoms with van der Waals surface area (Å²) in [5.74, 6) is 0. The van der Waals surface area contributed by atoms with Gasteiger partial charge in [0.15, 0.2) is 0 Å². The lowest BCUT2D eigenvalue weighted by molar-refractivity contribution is -0.173. The Bertz CT molecular complexity index is 167. The minimum atomic E-state index is -4.26. The van der Waals surface area contributed by atoms with Crippen molar-refractivity contribution in [3.05, 3.63) is 0 Å². The summed E-state index contributed by atoms with van der Waals surface area (Å²) in [6.45, 7) is -0.0739. The van der Waals surface area contributed by atoms with E-state index >= 15 is 0 Å². The summed E-state index contributed by atoms with van der Waals surface area (Å²) < 4.78 is 44.0. The van der Waals surface area contributed by atoms with E-state index in [1.807, 2.05) is 0 Å². The van der Waals surface area contributed by atoms with Crippen LogP contribution >= 0.6 is 0 Å². The SMILES string of the molecule is COCC(O)CNCCCOCC(F)(F)F. The fourth-order valence-corrected chi connectivity index (χ4v) is 1.01. The van der Waals surface area contributed by atoms with E-state index in [2.05, 4.69) is 10.1 Å².